The fraction of sp³-hybridized carbons (Fsp3) is 0.250. The molecule has 2 rings (SSSR count). The molecular weight excluding hydrogens is 334 g/mol. The predicted molar refractivity (Wildman–Crippen MR) is 90.1 cm³/mol. The number of sulfonamides is 1. The summed E-state index contributed by atoms with van der Waals surface area (Å²) in [6, 6.07) is 15.1. The summed E-state index contributed by atoms with van der Waals surface area (Å²) in [5.41, 5.74) is 1.48. The van der Waals surface area contributed by atoms with Gasteiger partial charge in [-0.15, -0.1) is 0 Å². The molecule has 0 saturated heterocycles. The van der Waals surface area contributed by atoms with Crippen LogP contribution in [0.4, 0.5) is 0 Å². The van der Waals surface area contributed by atoms with Crippen molar-refractivity contribution in [1.29, 1.82) is 0 Å². The second-order valence-electron chi connectivity index (χ2n) is 5.46. The Hall–Kier alpha value is -1.70. The maximum absolute atomic E-state index is 12.4. The van der Waals surface area contributed by atoms with Gasteiger partial charge in [-0.3, -0.25) is 0 Å². The molecule has 2 aromatic carbocycles. The minimum Gasteiger partial charge on any atom is -0.229 e. The molecule has 0 saturated carbocycles. The SMILES string of the molecule is CN(Cc1ccc(CS(C)(=O)=O)cc1)S(=O)(=O)c1ccccc1. The van der Waals surface area contributed by atoms with Crippen LogP contribution in [0.15, 0.2) is 59.5 Å². The first-order valence-electron chi connectivity index (χ1n) is 6.95. The molecule has 0 amide bonds. The highest BCUT2D eigenvalue weighted by Gasteiger charge is 2.20. The van der Waals surface area contributed by atoms with Crippen LogP contribution >= 0.6 is 0 Å². The van der Waals surface area contributed by atoms with Crippen LogP contribution in [0.3, 0.4) is 0 Å². The average molecular weight is 353 g/mol. The normalized spacial score (nSPS) is 12.5. The van der Waals surface area contributed by atoms with E-state index < -0.39 is 19.9 Å². The van der Waals surface area contributed by atoms with Crippen molar-refractivity contribution >= 4 is 19.9 Å². The Morgan fingerprint density at radius 3 is 1.87 bits per heavy atom. The minimum atomic E-state index is -3.54. The summed E-state index contributed by atoms with van der Waals surface area (Å²) in [6.45, 7) is 0.219. The molecule has 2 aromatic rings. The molecule has 0 aliphatic heterocycles. The molecule has 0 heterocycles. The van der Waals surface area contributed by atoms with E-state index in [2.05, 4.69) is 0 Å². The zero-order valence-electron chi connectivity index (χ0n) is 13.0. The topological polar surface area (TPSA) is 71.5 Å². The highest BCUT2D eigenvalue weighted by Crippen LogP contribution is 2.17. The van der Waals surface area contributed by atoms with Gasteiger partial charge in [-0.05, 0) is 23.3 Å². The molecule has 0 atom stereocenters. The molecule has 0 aliphatic rings. The Labute approximate surface area is 137 Å². The van der Waals surface area contributed by atoms with Gasteiger partial charge in [-0.2, -0.15) is 4.31 Å². The van der Waals surface area contributed by atoms with E-state index in [-0.39, 0.29) is 17.2 Å². The van der Waals surface area contributed by atoms with Crippen LogP contribution in [0.25, 0.3) is 0 Å². The quantitative estimate of drug-likeness (QED) is 0.797. The molecule has 0 unspecified atom stereocenters. The summed E-state index contributed by atoms with van der Waals surface area (Å²) in [4.78, 5) is 0.246. The van der Waals surface area contributed by atoms with E-state index in [4.69, 9.17) is 0 Å². The Bertz CT molecular complexity index is 858. The fourth-order valence-corrected chi connectivity index (χ4v) is 4.14. The monoisotopic (exact) mass is 353 g/mol. The molecular formula is C16H19NO4S2. The molecule has 23 heavy (non-hydrogen) atoms. The van der Waals surface area contributed by atoms with E-state index in [9.17, 15) is 16.8 Å². The molecule has 124 valence electrons. The number of benzene rings is 2. The van der Waals surface area contributed by atoms with Crippen LogP contribution in [-0.2, 0) is 32.2 Å². The third-order valence-electron chi connectivity index (χ3n) is 3.31. The summed E-state index contributed by atoms with van der Waals surface area (Å²) >= 11 is 0. The maximum Gasteiger partial charge on any atom is 0.243 e. The molecule has 5 nitrogen and oxygen atoms in total. The second-order valence-corrected chi connectivity index (χ2v) is 9.65. The number of hydrogen-bond acceptors (Lipinski definition) is 4. The summed E-state index contributed by atoms with van der Waals surface area (Å²) in [5.74, 6) is -0.0224. The van der Waals surface area contributed by atoms with Gasteiger partial charge < -0.3 is 0 Å². The Balaban J connectivity index is 2.13. The molecule has 7 heteroatoms. The van der Waals surface area contributed by atoms with Crippen molar-refractivity contribution in [3.05, 3.63) is 65.7 Å². The van der Waals surface area contributed by atoms with Crippen molar-refractivity contribution in [3.8, 4) is 0 Å². The number of nitrogens with zero attached hydrogens (tertiary/aromatic N) is 1. The summed E-state index contributed by atoms with van der Waals surface area (Å²) in [6.07, 6.45) is 1.18. The lowest BCUT2D eigenvalue weighted by atomic mass is 10.1. The molecule has 0 N–H and O–H groups in total. The van der Waals surface area contributed by atoms with Gasteiger partial charge in [0.1, 0.15) is 0 Å². The predicted octanol–water partition coefficient (Wildman–Crippen LogP) is 2.05. The fourth-order valence-electron chi connectivity index (χ4n) is 2.16. The molecule has 0 spiro atoms. The van der Waals surface area contributed by atoms with Gasteiger partial charge in [0, 0.05) is 19.8 Å². The van der Waals surface area contributed by atoms with Gasteiger partial charge in [-0.25, -0.2) is 16.8 Å². The maximum atomic E-state index is 12.4. The van der Waals surface area contributed by atoms with Crippen molar-refractivity contribution in [2.75, 3.05) is 13.3 Å². The number of hydrogen-bond donors (Lipinski definition) is 0. The van der Waals surface area contributed by atoms with Crippen molar-refractivity contribution in [2.24, 2.45) is 0 Å². The van der Waals surface area contributed by atoms with E-state index in [1.165, 1.54) is 17.6 Å². The van der Waals surface area contributed by atoms with Gasteiger partial charge in [0.05, 0.1) is 10.6 Å². The lowest BCUT2D eigenvalue weighted by Crippen LogP contribution is -2.26. The van der Waals surface area contributed by atoms with Crippen LogP contribution in [0.1, 0.15) is 11.1 Å². The van der Waals surface area contributed by atoms with Crippen molar-refractivity contribution < 1.29 is 16.8 Å². The third kappa shape index (κ3) is 4.89. The van der Waals surface area contributed by atoms with Crippen molar-refractivity contribution in [1.82, 2.24) is 4.31 Å². The first-order valence-corrected chi connectivity index (χ1v) is 10.5. The van der Waals surface area contributed by atoms with Gasteiger partial charge in [0.25, 0.3) is 0 Å². The van der Waals surface area contributed by atoms with Gasteiger partial charge in [0.15, 0.2) is 9.84 Å². The van der Waals surface area contributed by atoms with Crippen LogP contribution in [0.2, 0.25) is 0 Å². The molecule has 0 bridgehead atoms. The zero-order valence-corrected chi connectivity index (χ0v) is 14.6. The first-order chi connectivity index (χ1) is 10.7. The van der Waals surface area contributed by atoms with Crippen LogP contribution < -0.4 is 0 Å². The summed E-state index contributed by atoms with van der Waals surface area (Å²) in [5, 5.41) is 0. The number of rotatable bonds is 6. The zero-order chi connectivity index (χ0) is 17.1. The van der Waals surface area contributed by atoms with Crippen molar-refractivity contribution in [3.63, 3.8) is 0 Å². The van der Waals surface area contributed by atoms with Crippen LogP contribution in [-0.4, -0.2) is 34.4 Å². The van der Waals surface area contributed by atoms with E-state index in [1.54, 1.807) is 54.6 Å². The van der Waals surface area contributed by atoms with Crippen molar-refractivity contribution in [2.45, 2.75) is 17.2 Å². The molecule has 0 aromatic heterocycles. The standard InChI is InChI=1S/C16H19NO4S2/c1-17(23(20,21)16-6-4-3-5-7-16)12-14-8-10-15(11-9-14)13-22(2,18)19/h3-11H,12-13H2,1-2H3. The molecule has 0 fully saturated rings. The highest BCUT2D eigenvalue weighted by molar-refractivity contribution is 7.90. The second kappa shape index (κ2) is 6.82. The lowest BCUT2D eigenvalue weighted by Gasteiger charge is -2.17. The van der Waals surface area contributed by atoms with E-state index in [0.717, 1.165) is 5.56 Å². The third-order valence-corrected chi connectivity index (χ3v) is 5.98. The molecule has 0 radical (unpaired) electrons. The average Bonchev–Trinajstić information content (AvgIpc) is 2.48. The van der Waals surface area contributed by atoms with E-state index in [0.29, 0.717) is 5.56 Å². The largest absolute Gasteiger partial charge is 0.243 e. The smallest absolute Gasteiger partial charge is 0.229 e. The van der Waals surface area contributed by atoms with Gasteiger partial charge >= 0.3 is 0 Å². The minimum absolute atomic E-state index is 0.0224. The first kappa shape index (κ1) is 17.7. The Kier molecular flexibility index (Phi) is 5.23. The summed E-state index contributed by atoms with van der Waals surface area (Å²) in [7, 11) is -5.10. The van der Waals surface area contributed by atoms with Gasteiger partial charge in [0.2, 0.25) is 10.0 Å². The van der Waals surface area contributed by atoms with E-state index >= 15 is 0 Å². The summed E-state index contributed by atoms with van der Waals surface area (Å²) < 4.78 is 48.7. The number of sulfone groups is 1. The van der Waals surface area contributed by atoms with Crippen LogP contribution in [0.5, 0.6) is 0 Å². The lowest BCUT2D eigenvalue weighted by molar-refractivity contribution is 0.466. The van der Waals surface area contributed by atoms with Gasteiger partial charge in [-0.1, -0.05) is 42.5 Å². The highest BCUT2D eigenvalue weighted by atomic mass is 32.2. The Morgan fingerprint density at radius 1 is 0.826 bits per heavy atom. The van der Waals surface area contributed by atoms with Crippen LogP contribution in [0, 0.1) is 0 Å². The molecule has 0 aliphatic carbocycles. The Morgan fingerprint density at radius 2 is 1.35 bits per heavy atom. The van der Waals surface area contributed by atoms with E-state index in [1.807, 2.05) is 0 Å².